The first-order chi connectivity index (χ1) is 15.1. The van der Waals surface area contributed by atoms with Crippen LogP contribution in [0.4, 0.5) is 0 Å². The van der Waals surface area contributed by atoms with Crippen LogP contribution in [0.1, 0.15) is 48.6 Å². The third-order valence-electron chi connectivity index (χ3n) is 6.00. The largest absolute Gasteiger partial charge is 0.496 e. The van der Waals surface area contributed by atoms with Crippen molar-refractivity contribution in [2.24, 2.45) is 5.92 Å². The Hall–Kier alpha value is -3.22. The van der Waals surface area contributed by atoms with Gasteiger partial charge in [-0.2, -0.15) is 0 Å². The van der Waals surface area contributed by atoms with Gasteiger partial charge in [0.15, 0.2) is 5.76 Å². The Labute approximate surface area is 182 Å². The molecule has 7 heteroatoms. The predicted molar refractivity (Wildman–Crippen MR) is 117 cm³/mol. The lowest BCUT2D eigenvalue weighted by molar-refractivity contribution is -0.120. The number of hydrogen-bond donors (Lipinski definition) is 1. The lowest BCUT2D eigenvalue weighted by Gasteiger charge is -2.29. The molecular formula is C24H28N4O3. The van der Waals surface area contributed by atoms with Gasteiger partial charge in [-0.1, -0.05) is 23.4 Å². The zero-order valence-corrected chi connectivity index (χ0v) is 18.0. The predicted octanol–water partition coefficient (Wildman–Crippen LogP) is 4.08. The summed E-state index contributed by atoms with van der Waals surface area (Å²) < 4.78 is 10.8. The third-order valence-corrected chi connectivity index (χ3v) is 6.00. The van der Waals surface area contributed by atoms with Gasteiger partial charge < -0.3 is 14.6 Å². The first kappa shape index (κ1) is 21.0. The number of nitrogens with one attached hydrogen (secondary N) is 1. The number of hydrogen-bond acceptors (Lipinski definition) is 6. The number of nitrogens with zero attached hydrogens (tertiary/aromatic N) is 3. The molecule has 31 heavy (non-hydrogen) atoms. The molecule has 1 aliphatic carbocycles. The Morgan fingerprint density at radius 3 is 2.77 bits per heavy atom. The van der Waals surface area contributed by atoms with Gasteiger partial charge in [-0.05, 0) is 44.6 Å². The van der Waals surface area contributed by atoms with Gasteiger partial charge in [-0.15, -0.1) is 0 Å². The molecule has 1 aliphatic rings. The van der Waals surface area contributed by atoms with Crippen molar-refractivity contribution >= 4 is 5.91 Å². The summed E-state index contributed by atoms with van der Waals surface area (Å²) >= 11 is 0. The van der Waals surface area contributed by atoms with E-state index in [1.807, 2.05) is 43.5 Å². The van der Waals surface area contributed by atoms with Gasteiger partial charge >= 0.3 is 0 Å². The van der Waals surface area contributed by atoms with Crippen molar-refractivity contribution in [3.63, 3.8) is 0 Å². The van der Waals surface area contributed by atoms with Crippen molar-refractivity contribution in [2.75, 3.05) is 13.7 Å². The monoisotopic (exact) mass is 420 g/mol. The summed E-state index contributed by atoms with van der Waals surface area (Å²) in [6, 6.07) is 9.56. The number of carbonyl (C=O) groups excluding carboxylic acids is 1. The number of aryl methyl sites for hydroxylation is 1. The topological polar surface area (TPSA) is 90.1 Å². The van der Waals surface area contributed by atoms with Crippen LogP contribution in [0.25, 0.3) is 11.3 Å². The summed E-state index contributed by atoms with van der Waals surface area (Å²) in [7, 11) is 1.63. The number of aromatic nitrogens is 3. The summed E-state index contributed by atoms with van der Waals surface area (Å²) in [6.07, 6.45) is 7.92. The number of carbonyl (C=O) groups is 1. The molecule has 4 rings (SSSR count). The van der Waals surface area contributed by atoms with Crippen LogP contribution in [0.2, 0.25) is 0 Å². The van der Waals surface area contributed by atoms with Crippen LogP contribution in [-0.4, -0.2) is 34.7 Å². The second-order valence-corrected chi connectivity index (χ2v) is 8.16. The fourth-order valence-electron chi connectivity index (χ4n) is 4.33. The van der Waals surface area contributed by atoms with Gasteiger partial charge in [0.1, 0.15) is 12.1 Å². The molecule has 1 N–H and O–H groups in total. The number of para-hydroxylation sites is 1. The zero-order valence-electron chi connectivity index (χ0n) is 18.0. The zero-order chi connectivity index (χ0) is 21.6. The van der Waals surface area contributed by atoms with Gasteiger partial charge in [0, 0.05) is 30.3 Å². The minimum absolute atomic E-state index is 0.0328. The lowest BCUT2D eigenvalue weighted by Crippen LogP contribution is -2.32. The molecule has 7 nitrogen and oxygen atoms in total. The van der Waals surface area contributed by atoms with Crippen molar-refractivity contribution in [2.45, 2.75) is 44.9 Å². The second-order valence-electron chi connectivity index (χ2n) is 8.16. The van der Waals surface area contributed by atoms with Crippen LogP contribution < -0.4 is 10.1 Å². The summed E-state index contributed by atoms with van der Waals surface area (Å²) in [5, 5.41) is 7.10. The maximum absolute atomic E-state index is 12.4. The second kappa shape index (κ2) is 9.73. The number of rotatable bonds is 7. The van der Waals surface area contributed by atoms with Crippen molar-refractivity contribution < 1.29 is 14.1 Å². The molecule has 1 saturated carbocycles. The van der Waals surface area contributed by atoms with Crippen LogP contribution in [0.5, 0.6) is 5.75 Å². The lowest BCUT2D eigenvalue weighted by atomic mass is 9.79. The highest BCUT2D eigenvalue weighted by Crippen LogP contribution is 2.38. The highest BCUT2D eigenvalue weighted by Gasteiger charge is 2.26. The Bertz CT molecular complexity index is 1020. The molecule has 1 aromatic carbocycles. The van der Waals surface area contributed by atoms with E-state index < -0.39 is 0 Å². The van der Waals surface area contributed by atoms with E-state index in [9.17, 15) is 4.79 Å². The number of ether oxygens (including phenoxy) is 1. The van der Waals surface area contributed by atoms with Crippen LogP contribution in [0, 0.1) is 12.8 Å². The number of amides is 1. The molecule has 0 radical (unpaired) electrons. The Kier molecular flexibility index (Phi) is 6.60. The molecule has 1 fully saturated rings. The maximum atomic E-state index is 12.4. The van der Waals surface area contributed by atoms with Crippen LogP contribution in [0.15, 0.2) is 47.4 Å². The van der Waals surface area contributed by atoms with Gasteiger partial charge in [0.25, 0.3) is 0 Å². The van der Waals surface area contributed by atoms with Gasteiger partial charge in [-0.25, -0.2) is 9.97 Å². The van der Waals surface area contributed by atoms with Crippen molar-refractivity contribution in [1.82, 2.24) is 20.4 Å². The van der Waals surface area contributed by atoms with E-state index in [4.69, 9.17) is 9.26 Å². The van der Waals surface area contributed by atoms with E-state index in [1.54, 1.807) is 13.4 Å². The van der Waals surface area contributed by atoms with Crippen molar-refractivity contribution in [3.05, 3.63) is 59.8 Å². The highest BCUT2D eigenvalue weighted by molar-refractivity contribution is 5.79. The normalized spacial score (nSPS) is 18.5. The molecule has 0 saturated heterocycles. The first-order valence-electron chi connectivity index (χ1n) is 10.8. The molecule has 2 heterocycles. The molecule has 3 aromatic rings. The minimum atomic E-state index is 0.0328. The van der Waals surface area contributed by atoms with E-state index in [-0.39, 0.29) is 5.91 Å². The minimum Gasteiger partial charge on any atom is -0.496 e. The molecule has 2 aromatic heterocycles. The average molecular weight is 421 g/mol. The van der Waals surface area contributed by atoms with Crippen LogP contribution >= 0.6 is 0 Å². The quantitative estimate of drug-likeness (QED) is 0.619. The Morgan fingerprint density at radius 1 is 1.23 bits per heavy atom. The molecule has 162 valence electrons. The molecule has 0 unspecified atom stereocenters. The summed E-state index contributed by atoms with van der Waals surface area (Å²) in [5.41, 5.74) is 3.71. The molecule has 1 amide bonds. The van der Waals surface area contributed by atoms with E-state index in [0.29, 0.717) is 24.8 Å². The number of benzene rings is 1. The van der Waals surface area contributed by atoms with E-state index in [1.165, 1.54) is 0 Å². The van der Waals surface area contributed by atoms with E-state index in [2.05, 4.69) is 20.4 Å². The Balaban J connectivity index is 1.30. The smallest absolute Gasteiger partial charge is 0.224 e. The summed E-state index contributed by atoms with van der Waals surface area (Å²) in [4.78, 5) is 21.2. The summed E-state index contributed by atoms with van der Waals surface area (Å²) in [6.45, 7) is 2.61. The molecule has 0 aliphatic heterocycles. The molecule has 0 spiro atoms. The highest BCUT2D eigenvalue weighted by atomic mass is 16.5. The standard InChI is InChI=1S/C24H28N4O3/c1-16-11-22(31-28-16)20-14-25-15-27-24(20)18-9-7-17(8-10-18)13-26-23(29)12-19-5-3-4-6-21(19)30-2/h3-6,11,14-15,17-18H,7-10,12-13H2,1-2H3,(H,26,29). The Morgan fingerprint density at radius 2 is 2.03 bits per heavy atom. The van der Waals surface area contributed by atoms with E-state index in [0.717, 1.165) is 59.7 Å². The molecular weight excluding hydrogens is 392 g/mol. The first-order valence-corrected chi connectivity index (χ1v) is 10.8. The SMILES string of the molecule is COc1ccccc1CC(=O)NCC1CCC(c2ncncc2-c2cc(C)no2)CC1. The van der Waals surface area contributed by atoms with Crippen molar-refractivity contribution in [1.29, 1.82) is 0 Å². The number of methoxy groups -OCH3 is 1. The summed E-state index contributed by atoms with van der Waals surface area (Å²) in [5.74, 6) is 2.35. The fourth-order valence-corrected chi connectivity index (χ4v) is 4.33. The van der Waals surface area contributed by atoms with Gasteiger partial charge in [0.2, 0.25) is 5.91 Å². The fraction of sp³-hybridized carbons (Fsp3) is 0.417. The van der Waals surface area contributed by atoms with Crippen LogP contribution in [-0.2, 0) is 11.2 Å². The van der Waals surface area contributed by atoms with Crippen molar-refractivity contribution in [3.8, 4) is 17.1 Å². The van der Waals surface area contributed by atoms with E-state index >= 15 is 0 Å². The third kappa shape index (κ3) is 5.10. The average Bonchev–Trinajstić information content (AvgIpc) is 3.24. The maximum Gasteiger partial charge on any atom is 0.224 e. The molecule has 0 bridgehead atoms. The van der Waals surface area contributed by atoms with Gasteiger partial charge in [0.05, 0.1) is 30.5 Å². The van der Waals surface area contributed by atoms with Crippen LogP contribution in [0.3, 0.4) is 0 Å². The van der Waals surface area contributed by atoms with Gasteiger partial charge in [-0.3, -0.25) is 4.79 Å². The molecule has 0 atom stereocenters.